The van der Waals surface area contributed by atoms with E-state index in [0.717, 1.165) is 0 Å². The van der Waals surface area contributed by atoms with Crippen LogP contribution in [0.25, 0.3) is 22.6 Å². The number of aryl methyl sites for hydroxylation is 1. The fourth-order valence-corrected chi connectivity index (χ4v) is 2.85. The second-order valence-electron chi connectivity index (χ2n) is 5.95. The van der Waals surface area contributed by atoms with Crippen LogP contribution >= 0.6 is 11.6 Å². The first-order valence-electron chi connectivity index (χ1n) is 8.15. The lowest BCUT2D eigenvalue weighted by Gasteiger charge is -2.00. The van der Waals surface area contributed by atoms with E-state index in [1.165, 1.54) is 30.1 Å². The average molecular weight is 401 g/mol. The molecule has 3 aromatic heterocycles. The van der Waals surface area contributed by atoms with Crippen molar-refractivity contribution in [3.05, 3.63) is 53.1 Å². The fourth-order valence-electron chi connectivity index (χ4n) is 2.74. The van der Waals surface area contributed by atoms with E-state index in [-0.39, 0.29) is 11.4 Å². The van der Waals surface area contributed by atoms with Gasteiger partial charge >= 0.3 is 0 Å². The summed E-state index contributed by atoms with van der Waals surface area (Å²) in [4.78, 5) is 23.5. The Hall–Kier alpha value is -3.46. The molecule has 28 heavy (non-hydrogen) atoms. The molecule has 0 fully saturated rings. The molecule has 0 saturated heterocycles. The summed E-state index contributed by atoms with van der Waals surface area (Å²) in [6.45, 7) is 0. The van der Waals surface area contributed by atoms with Crippen molar-refractivity contribution in [2.45, 2.75) is 0 Å². The topological polar surface area (TPSA) is 97.7 Å². The standard InChI is InChI=1S/C18H14ClFN6O2/c1-26-13(17-22-12-6-10(28-2)5-11(20)16(12)24-17)7-15(25-26)23-18(27)9-3-4-14(19)21-8-9/h3-8H,1-2H3,(H,22,24)(H,23,25,27). The summed E-state index contributed by atoms with van der Waals surface area (Å²) in [5.41, 5.74) is 1.59. The maximum atomic E-state index is 14.2. The third-order valence-electron chi connectivity index (χ3n) is 4.10. The number of carbonyl (C=O) groups is 1. The van der Waals surface area contributed by atoms with Crippen molar-refractivity contribution in [1.29, 1.82) is 0 Å². The van der Waals surface area contributed by atoms with Gasteiger partial charge < -0.3 is 15.0 Å². The van der Waals surface area contributed by atoms with E-state index in [2.05, 4.69) is 25.4 Å². The van der Waals surface area contributed by atoms with Crippen LogP contribution in [0.5, 0.6) is 5.75 Å². The molecule has 2 N–H and O–H groups in total. The number of pyridine rings is 1. The first-order chi connectivity index (χ1) is 13.4. The lowest BCUT2D eigenvalue weighted by atomic mass is 10.2. The van der Waals surface area contributed by atoms with Crippen LogP contribution < -0.4 is 10.1 Å². The first kappa shape index (κ1) is 17.9. The van der Waals surface area contributed by atoms with E-state index in [1.807, 2.05) is 0 Å². The predicted octanol–water partition coefficient (Wildman–Crippen LogP) is 3.41. The number of hydrogen-bond donors (Lipinski definition) is 2. The molecule has 1 aromatic carbocycles. The zero-order valence-corrected chi connectivity index (χ0v) is 15.6. The number of H-pyrrole nitrogens is 1. The van der Waals surface area contributed by atoms with Crippen LogP contribution in [0.15, 0.2) is 36.5 Å². The van der Waals surface area contributed by atoms with Gasteiger partial charge in [-0.1, -0.05) is 11.6 Å². The van der Waals surface area contributed by atoms with E-state index >= 15 is 0 Å². The molecular weight excluding hydrogens is 387 g/mol. The molecule has 0 radical (unpaired) electrons. The number of nitrogens with one attached hydrogen (secondary N) is 2. The summed E-state index contributed by atoms with van der Waals surface area (Å²) >= 11 is 5.73. The molecule has 0 aliphatic carbocycles. The number of hydrogen-bond acceptors (Lipinski definition) is 5. The Kier molecular flexibility index (Phi) is 4.44. The Morgan fingerprint density at radius 2 is 2.14 bits per heavy atom. The molecular formula is C18H14ClFN6O2. The minimum absolute atomic E-state index is 0.190. The number of carbonyl (C=O) groups excluding carboxylic acids is 1. The number of aromatic amines is 1. The van der Waals surface area contributed by atoms with Crippen LogP contribution in [0.4, 0.5) is 10.2 Å². The van der Waals surface area contributed by atoms with E-state index in [0.29, 0.717) is 39.3 Å². The number of halogens is 2. The Labute approximate surface area is 163 Å². The number of imidazole rings is 1. The van der Waals surface area contributed by atoms with Crippen molar-refractivity contribution < 1.29 is 13.9 Å². The van der Waals surface area contributed by atoms with Crippen LogP contribution in [0.2, 0.25) is 5.15 Å². The molecule has 0 bridgehead atoms. The Bertz CT molecular complexity index is 1180. The van der Waals surface area contributed by atoms with Gasteiger partial charge in [0.1, 0.15) is 22.1 Å². The SMILES string of the molecule is COc1cc(F)c2nc(-c3cc(NC(=O)c4ccc(Cl)nc4)nn3C)[nH]c2c1. The van der Waals surface area contributed by atoms with E-state index < -0.39 is 5.82 Å². The lowest BCUT2D eigenvalue weighted by molar-refractivity contribution is 0.102. The monoisotopic (exact) mass is 400 g/mol. The average Bonchev–Trinajstić information content (AvgIpc) is 3.25. The van der Waals surface area contributed by atoms with Gasteiger partial charge in [0, 0.05) is 31.4 Å². The van der Waals surface area contributed by atoms with Gasteiger partial charge in [-0.3, -0.25) is 9.48 Å². The van der Waals surface area contributed by atoms with Gasteiger partial charge in [-0.15, -0.1) is 0 Å². The molecule has 8 nitrogen and oxygen atoms in total. The summed E-state index contributed by atoms with van der Waals surface area (Å²) in [6.07, 6.45) is 1.37. The fraction of sp³-hybridized carbons (Fsp3) is 0.111. The highest BCUT2D eigenvalue weighted by molar-refractivity contribution is 6.29. The molecule has 0 unspecified atom stereocenters. The number of benzene rings is 1. The number of fused-ring (bicyclic) bond motifs is 1. The van der Waals surface area contributed by atoms with Crippen molar-refractivity contribution in [2.24, 2.45) is 7.05 Å². The second-order valence-corrected chi connectivity index (χ2v) is 6.34. The summed E-state index contributed by atoms with van der Waals surface area (Å²) in [6, 6.07) is 7.64. The molecule has 0 saturated carbocycles. The number of ether oxygens (including phenoxy) is 1. The Morgan fingerprint density at radius 3 is 2.86 bits per heavy atom. The zero-order chi connectivity index (χ0) is 19.8. The third-order valence-corrected chi connectivity index (χ3v) is 4.33. The number of aromatic nitrogens is 5. The Balaban J connectivity index is 1.64. The molecule has 142 valence electrons. The van der Waals surface area contributed by atoms with Crippen molar-refractivity contribution in [3.63, 3.8) is 0 Å². The van der Waals surface area contributed by atoms with Crippen LogP contribution in [0, 0.1) is 5.82 Å². The van der Waals surface area contributed by atoms with E-state index in [9.17, 15) is 9.18 Å². The highest BCUT2D eigenvalue weighted by atomic mass is 35.5. The summed E-state index contributed by atoms with van der Waals surface area (Å²) < 4.78 is 20.8. The van der Waals surface area contributed by atoms with Crippen LogP contribution in [0.1, 0.15) is 10.4 Å². The van der Waals surface area contributed by atoms with Crippen molar-refractivity contribution in [2.75, 3.05) is 12.4 Å². The summed E-state index contributed by atoms with van der Waals surface area (Å²) in [5.74, 6) is 0.230. The van der Waals surface area contributed by atoms with Gasteiger partial charge in [-0.05, 0) is 12.1 Å². The van der Waals surface area contributed by atoms with Crippen molar-refractivity contribution in [1.82, 2.24) is 24.7 Å². The molecule has 10 heteroatoms. The molecule has 0 aliphatic heterocycles. The lowest BCUT2D eigenvalue weighted by Crippen LogP contribution is -2.12. The Morgan fingerprint density at radius 1 is 1.32 bits per heavy atom. The van der Waals surface area contributed by atoms with Crippen LogP contribution in [-0.4, -0.2) is 37.7 Å². The number of methoxy groups -OCH3 is 1. The van der Waals surface area contributed by atoms with Gasteiger partial charge in [-0.2, -0.15) is 5.10 Å². The quantitative estimate of drug-likeness (QED) is 0.511. The smallest absolute Gasteiger partial charge is 0.258 e. The maximum Gasteiger partial charge on any atom is 0.258 e. The molecule has 4 rings (SSSR count). The highest BCUT2D eigenvalue weighted by Crippen LogP contribution is 2.27. The minimum atomic E-state index is -0.497. The van der Waals surface area contributed by atoms with Gasteiger partial charge in [-0.25, -0.2) is 14.4 Å². The number of nitrogens with zero attached hydrogens (tertiary/aromatic N) is 4. The highest BCUT2D eigenvalue weighted by Gasteiger charge is 2.16. The van der Waals surface area contributed by atoms with Gasteiger partial charge in [0.15, 0.2) is 17.5 Å². The number of rotatable bonds is 4. The molecule has 4 aromatic rings. The summed E-state index contributed by atoms with van der Waals surface area (Å²) in [5, 5.41) is 7.24. The number of amides is 1. The number of anilines is 1. The zero-order valence-electron chi connectivity index (χ0n) is 14.8. The van der Waals surface area contributed by atoms with Crippen LogP contribution in [0.3, 0.4) is 0 Å². The van der Waals surface area contributed by atoms with Gasteiger partial charge in [0.25, 0.3) is 5.91 Å². The van der Waals surface area contributed by atoms with Crippen LogP contribution in [-0.2, 0) is 7.05 Å². The second kappa shape index (κ2) is 6.93. The predicted molar refractivity (Wildman–Crippen MR) is 102 cm³/mol. The van der Waals surface area contributed by atoms with E-state index in [1.54, 1.807) is 25.2 Å². The van der Waals surface area contributed by atoms with Gasteiger partial charge in [0.05, 0.1) is 18.2 Å². The molecule has 0 atom stereocenters. The molecule has 0 spiro atoms. The third kappa shape index (κ3) is 3.27. The van der Waals surface area contributed by atoms with Gasteiger partial charge in [0.2, 0.25) is 0 Å². The molecule has 0 aliphatic rings. The molecule has 1 amide bonds. The maximum absolute atomic E-state index is 14.2. The summed E-state index contributed by atoms with van der Waals surface area (Å²) in [7, 11) is 3.16. The van der Waals surface area contributed by atoms with Crippen molar-refractivity contribution >= 4 is 34.4 Å². The van der Waals surface area contributed by atoms with E-state index in [4.69, 9.17) is 16.3 Å². The first-order valence-corrected chi connectivity index (χ1v) is 8.53. The minimum Gasteiger partial charge on any atom is -0.497 e. The van der Waals surface area contributed by atoms with Crippen molar-refractivity contribution in [3.8, 4) is 17.3 Å². The molecule has 3 heterocycles. The normalized spacial score (nSPS) is 11.0. The largest absolute Gasteiger partial charge is 0.497 e.